The topological polar surface area (TPSA) is 58.6 Å². The molecule has 2 aromatic rings. The summed E-state index contributed by atoms with van der Waals surface area (Å²) in [6.07, 6.45) is 0.458. The SMILES string of the molecule is CC[C@@H](C(=O)NCC(C)C)N(Cc1ccc(F)cc1)C(=O)COc1ccc(C(C)C)cc1. The number of ether oxygens (including phenoxy) is 1. The predicted octanol–water partition coefficient (Wildman–Crippen LogP) is 4.91. The summed E-state index contributed by atoms with van der Waals surface area (Å²) >= 11 is 0. The highest BCUT2D eigenvalue weighted by molar-refractivity contribution is 5.88. The second kappa shape index (κ2) is 12.2. The van der Waals surface area contributed by atoms with Gasteiger partial charge in [-0.25, -0.2) is 4.39 Å². The van der Waals surface area contributed by atoms with E-state index in [-0.39, 0.29) is 30.8 Å². The normalized spacial score (nSPS) is 12.0. The van der Waals surface area contributed by atoms with Gasteiger partial charge in [0.1, 0.15) is 17.6 Å². The van der Waals surface area contributed by atoms with Crippen LogP contribution in [0.3, 0.4) is 0 Å². The Bertz CT molecular complexity index is 864. The van der Waals surface area contributed by atoms with Crippen molar-refractivity contribution in [3.8, 4) is 5.75 Å². The van der Waals surface area contributed by atoms with E-state index in [1.165, 1.54) is 22.6 Å². The van der Waals surface area contributed by atoms with Gasteiger partial charge in [0.05, 0.1) is 0 Å². The van der Waals surface area contributed by atoms with Crippen molar-refractivity contribution in [3.63, 3.8) is 0 Å². The third-order valence-electron chi connectivity index (χ3n) is 5.25. The van der Waals surface area contributed by atoms with Gasteiger partial charge in [-0.05, 0) is 53.6 Å². The Kier molecular flexibility index (Phi) is 9.69. The van der Waals surface area contributed by atoms with E-state index in [0.29, 0.717) is 30.6 Å². The molecule has 2 rings (SSSR count). The van der Waals surface area contributed by atoms with Crippen LogP contribution in [0.25, 0.3) is 0 Å². The van der Waals surface area contributed by atoms with E-state index in [0.717, 1.165) is 5.56 Å². The fourth-order valence-electron chi connectivity index (χ4n) is 3.31. The van der Waals surface area contributed by atoms with Crippen LogP contribution in [-0.4, -0.2) is 35.9 Å². The van der Waals surface area contributed by atoms with Gasteiger partial charge in [-0.15, -0.1) is 0 Å². The van der Waals surface area contributed by atoms with Crippen molar-refractivity contribution in [1.29, 1.82) is 0 Å². The number of hydrogen-bond donors (Lipinski definition) is 1. The lowest BCUT2D eigenvalue weighted by Gasteiger charge is -2.30. The maximum atomic E-state index is 13.3. The molecule has 0 saturated heterocycles. The highest BCUT2D eigenvalue weighted by atomic mass is 19.1. The molecule has 0 unspecified atom stereocenters. The number of nitrogens with zero attached hydrogens (tertiary/aromatic N) is 1. The molecule has 1 N–H and O–H groups in total. The minimum atomic E-state index is -0.641. The lowest BCUT2D eigenvalue weighted by Crippen LogP contribution is -2.50. The first-order valence-electron chi connectivity index (χ1n) is 11.3. The van der Waals surface area contributed by atoms with Crippen LogP contribution in [0.15, 0.2) is 48.5 Å². The van der Waals surface area contributed by atoms with Gasteiger partial charge in [-0.3, -0.25) is 9.59 Å². The summed E-state index contributed by atoms with van der Waals surface area (Å²) in [7, 11) is 0. The van der Waals surface area contributed by atoms with Crippen LogP contribution in [0.5, 0.6) is 5.75 Å². The van der Waals surface area contributed by atoms with Gasteiger partial charge in [-0.2, -0.15) is 0 Å². The largest absolute Gasteiger partial charge is 0.484 e. The number of benzene rings is 2. The first kappa shape index (κ1) is 25.4. The zero-order valence-corrected chi connectivity index (χ0v) is 19.7. The molecule has 0 aliphatic heterocycles. The monoisotopic (exact) mass is 442 g/mol. The number of rotatable bonds is 11. The molecular formula is C26H35FN2O3. The summed E-state index contributed by atoms with van der Waals surface area (Å²) in [6, 6.07) is 13.0. The Balaban J connectivity index is 2.16. The summed E-state index contributed by atoms with van der Waals surface area (Å²) in [5, 5.41) is 2.92. The predicted molar refractivity (Wildman–Crippen MR) is 125 cm³/mol. The molecule has 0 fully saturated rings. The molecule has 0 aromatic heterocycles. The molecule has 2 amide bonds. The Labute approximate surface area is 191 Å². The van der Waals surface area contributed by atoms with Gasteiger partial charge in [0.15, 0.2) is 6.61 Å². The number of carbonyl (C=O) groups is 2. The molecule has 0 aliphatic rings. The molecule has 0 saturated carbocycles. The lowest BCUT2D eigenvalue weighted by molar-refractivity contribution is -0.143. The van der Waals surface area contributed by atoms with E-state index in [2.05, 4.69) is 19.2 Å². The smallest absolute Gasteiger partial charge is 0.261 e. The van der Waals surface area contributed by atoms with Crippen molar-refractivity contribution in [2.45, 2.75) is 59.5 Å². The van der Waals surface area contributed by atoms with E-state index < -0.39 is 6.04 Å². The molecule has 32 heavy (non-hydrogen) atoms. The van der Waals surface area contributed by atoms with Crippen LogP contribution in [0, 0.1) is 11.7 Å². The number of carbonyl (C=O) groups excluding carboxylic acids is 2. The van der Waals surface area contributed by atoms with Gasteiger partial charge in [0, 0.05) is 13.1 Å². The third-order valence-corrected chi connectivity index (χ3v) is 5.25. The standard InChI is InChI=1S/C26H35FN2O3/c1-6-24(26(31)28-15-18(2)3)29(16-20-7-11-22(27)12-8-20)25(30)17-32-23-13-9-21(10-14-23)19(4)5/h7-14,18-19,24H,6,15-17H2,1-5H3,(H,28,31)/t24-/m0/s1. The third kappa shape index (κ3) is 7.66. The summed E-state index contributed by atoms with van der Waals surface area (Å²) in [5.41, 5.74) is 1.94. The molecule has 6 heteroatoms. The summed E-state index contributed by atoms with van der Waals surface area (Å²) in [5.74, 6) is 0.469. The van der Waals surface area contributed by atoms with Crippen LogP contribution in [0.1, 0.15) is 58.1 Å². The Morgan fingerprint density at radius 1 is 1.00 bits per heavy atom. The minimum Gasteiger partial charge on any atom is -0.484 e. The fourth-order valence-corrected chi connectivity index (χ4v) is 3.31. The van der Waals surface area contributed by atoms with Gasteiger partial charge in [0.25, 0.3) is 5.91 Å². The van der Waals surface area contributed by atoms with E-state index >= 15 is 0 Å². The van der Waals surface area contributed by atoms with Crippen molar-refractivity contribution in [1.82, 2.24) is 10.2 Å². The highest BCUT2D eigenvalue weighted by Gasteiger charge is 2.29. The molecule has 0 radical (unpaired) electrons. The van der Waals surface area contributed by atoms with E-state index in [4.69, 9.17) is 4.74 Å². The van der Waals surface area contributed by atoms with Gasteiger partial charge >= 0.3 is 0 Å². The average Bonchev–Trinajstić information content (AvgIpc) is 2.77. The van der Waals surface area contributed by atoms with Crippen molar-refractivity contribution in [2.24, 2.45) is 5.92 Å². The molecule has 174 valence electrons. The minimum absolute atomic E-state index is 0.184. The van der Waals surface area contributed by atoms with Crippen LogP contribution < -0.4 is 10.1 Å². The fraction of sp³-hybridized carbons (Fsp3) is 0.462. The van der Waals surface area contributed by atoms with E-state index in [1.807, 2.05) is 45.0 Å². The van der Waals surface area contributed by atoms with Crippen molar-refractivity contribution in [2.75, 3.05) is 13.2 Å². The average molecular weight is 443 g/mol. The zero-order valence-electron chi connectivity index (χ0n) is 19.7. The van der Waals surface area contributed by atoms with Crippen LogP contribution in [-0.2, 0) is 16.1 Å². The molecule has 2 aromatic carbocycles. The van der Waals surface area contributed by atoms with E-state index in [9.17, 15) is 14.0 Å². The molecule has 0 spiro atoms. The Morgan fingerprint density at radius 2 is 1.62 bits per heavy atom. The number of amides is 2. The van der Waals surface area contributed by atoms with Crippen LogP contribution in [0.4, 0.5) is 4.39 Å². The molecule has 0 bridgehead atoms. The lowest BCUT2D eigenvalue weighted by atomic mass is 10.0. The van der Waals surface area contributed by atoms with Gasteiger partial charge in [-0.1, -0.05) is 58.9 Å². The highest BCUT2D eigenvalue weighted by Crippen LogP contribution is 2.19. The van der Waals surface area contributed by atoms with Crippen molar-refractivity contribution < 1.29 is 18.7 Å². The van der Waals surface area contributed by atoms with Gasteiger partial charge < -0.3 is 15.0 Å². The second-order valence-electron chi connectivity index (χ2n) is 8.72. The summed E-state index contributed by atoms with van der Waals surface area (Å²) in [6.45, 7) is 10.7. The number of nitrogens with one attached hydrogen (secondary N) is 1. The molecule has 1 atom stereocenters. The van der Waals surface area contributed by atoms with Crippen LogP contribution >= 0.6 is 0 Å². The van der Waals surface area contributed by atoms with Gasteiger partial charge in [0.2, 0.25) is 5.91 Å². The summed E-state index contributed by atoms with van der Waals surface area (Å²) < 4.78 is 19.1. The van der Waals surface area contributed by atoms with E-state index in [1.54, 1.807) is 12.1 Å². The van der Waals surface area contributed by atoms with Crippen LogP contribution in [0.2, 0.25) is 0 Å². The molecule has 0 aliphatic carbocycles. The maximum absolute atomic E-state index is 13.3. The van der Waals surface area contributed by atoms with Crippen molar-refractivity contribution >= 4 is 11.8 Å². The zero-order chi connectivity index (χ0) is 23.7. The molecular weight excluding hydrogens is 407 g/mol. The number of hydrogen-bond acceptors (Lipinski definition) is 3. The Hall–Kier alpha value is -2.89. The van der Waals surface area contributed by atoms with Crippen molar-refractivity contribution in [3.05, 3.63) is 65.5 Å². The maximum Gasteiger partial charge on any atom is 0.261 e. The quantitative estimate of drug-likeness (QED) is 0.538. The summed E-state index contributed by atoms with van der Waals surface area (Å²) in [4.78, 5) is 27.5. The Morgan fingerprint density at radius 3 is 2.16 bits per heavy atom. The second-order valence-corrected chi connectivity index (χ2v) is 8.72. The number of halogens is 1. The molecule has 0 heterocycles. The molecule has 5 nitrogen and oxygen atoms in total. The first-order chi connectivity index (χ1) is 15.2. The first-order valence-corrected chi connectivity index (χ1v) is 11.3.